The number of aromatic nitrogens is 1. The molecule has 0 bridgehead atoms. The summed E-state index contributed by atoms with van der Waals surface area (Å²) in [5, 5.41) is 11.2. The Kier molecular flexibility index (Phi) is 2.29. The molecular weight excluding hydrogens is 246 g/mol. The van der Waals surface area contributed by atoms with Crippen LogP contribution >= 0.6 is 15.9 Å². The van der Waals surface area contributed by atoms with Crippen molar-refractivity contribution in [1.29, 1.82) is 0 Å². The predicted molar refractivity (Wildman–Crippen MR) is 57.7 cm³/mol. The van der Waals surface area contributed by atoms with Crippen molar-refractivity contribution in [1.82, 2.24) is 4.98 Å². The first-order chi connectivity index (χ1) is 6.74. The van der Waals surface area contributed by atoms with Crippen molar-refractivity contribution >= 4 is 26.7 Å². The van der Waals surface area contributed by atoms with Gasteiger partial charge in [-0.3, -0.25) is 0 Å². The highest BCUT2D eigenvalue weighted by Gasteiger charge is 2.09. The topological polar surface area (TPSA) is 42.4 Å². The number of hydrogen-bond acceptors (Lipinski definition) is 3. The molecule has 0 saturated carbocycles. The van der Waals surface area contributed by atoms with Gasteiger partial charge in [-0.1, -0.05) is 6.07 Å². The van der Waals surface area contributed by atoms with Gasteiger partial charge < -0.3 is 9.84 Å². The third kappa shape index (κ3) is 1.32. The Balaban J connectivity index is 2.91. The van der Waals surface area contributed by atoms with E-state index in [0.29, 0.717) is 5.88 Å². The van der Waals surface area contributed by atoms with E-state index in [-0.39, 0.29) is 5.75 Å². The molecule has 2 aromatic rings. The summed E-state index contributed by atoms with van der Waals surface area (Å²) >= 11 is 3.33. The lowest BCUT2D eigenvalue weighted by Gasteiger charge is -2.06. The second kappa shape index (κ2) is 3.46. The Hall–Kier alpha value is -1.29. The van der Waals surface area contributed by atoms with Gasteiger partial charge in [0.05, 0.1) is 7.11 Å². The number of benzene rings is 1. The van der Waals surface area contributed by atoms with E-state index in [9.17, 15) is 5.11 Å². The fourth-order valence-electron chi connectivity index (χ4n) is 1.38. The zero-order chi connectivity index (χ0) is 10.1. The van der Waals surface area contributed by atoms with Crippen LogP contribution in [0.25, 0.3) is 10.8 Å². The Labute approximate surface area is 89.5 Å². The van der Waals surface area contributed by atoms with Crippen molar-refractivity contribution in [3.05, 3.63) is 28.9 Å². The van der Waals surface area contributed by atoms with E-state index in [4.69, 9.17) is 4.74 Å². The summed E-state index contributed by atoms with van der Waals surface area (Å²) in [6, 6.07) is 5.24. The minimum Gasteiger partial charge on any atom is -0.507 e. The fourth-order valence-corrected chi connectivity index (χ4v) is 1.90. The number of halogens is 1. The van der Waals surface area contributed by atoms with E-state index >= 15 is 0 Å². The van der Waals surface area contributed by atoms with Crippen LogP contribution in [0.15, 0.2) is 28.9 Å². The van der Waals surface area contributed by atoms with E-state index in [1.807, 2.05) is 6.07 Å². The largest absolute Gasteiger partial charge is 0.507 e. The third-order valence-electron chi connectivity index (χ3n) is 2.00. The molecule has 0 aliphatic rings. The lowest BCUT2D eigenvalue weighted by molar-refractivity contribution is 0.403. The van der Waals surface area contributed by atoms with E-state index in [1.54, 1.807) is 25.4 Å². The van der Waals surface area contributed by atoms with Gasteiger partial charge in [0.15, 0.2) is 0 Å². The van der Waals surface area contributed by atoms with Crippen molar-refractivity contribution in [2.75, 3.05) is 7.11 Å². The van der Waals surface area contributed by atoms with Gasteiger partial charge in [0, 0.05) is 21.4 Å². The van der Waals surface area contributed by atoms with Gasteiger partial charge in [0.25, 0.3) is 0 Å². The average Bonchev–Trinajstić information content (AvgIpc) is 2.18. The highest BCUT2D eigenvalue weighted by Crippen LogP contribution is 2.35. The predicted octanol–water partition coefficient (Wildman–Crippen LogP) is 2.71. The number of fused-ring (bicyclic) bond motifs is 1. The normalized spacial score (nSPS) is 10.4. The SMILES string of the molecule is COc1ncc(Br)c2c(O)cccc12. The number of methoxy groups -OCH3 is 1. The summed E-state index contributed by atoms with van der Waals surface area (Å²) < 4.78 is 5.85. The molecule has 14 heavy (non-hydrogen) atoms. The smallest absolute Gasteiger partial charge is 0.221 e. The highest BCUT2D eigenvalue weighted by molar-refractivity contribution is 9.10. The second-order valence-electron chi connectivity index (χ2n) is 2.82. The van der Waals surface area contributed by atoms with Crippen molar-refractivity contribution in [3.63, 3.8) is 0 Å². The first kappa shape index (κ1) is 9.27. The van der Waals surface area contributed by atoms with Gasteiger partial charge in [-0.25, -0.2) is 4.98 Å². The molecule has 0 saturated heterocycles. The Morgan fingerprint density at radius 1 is 1.43 bits per heavy atom. The number of hydrogen-bond donors (Lipinski definition) is 1. The number of phenolic OH excluding ortho intramolecular Hbond substituents is 1. The summed E-state index contributed by atoms with van der Waals surface area (Å²) in [5.74, 6) is 0.731. The molecule has 0 aliphatic carbocycles. The van der Waals surface area contributed by atoms with E-state index < -0.39 is 0 Å². The standard InChI is InChI=1S/C10H8BrNO2/c1-14-10-6-3-2-4-8(13)9(6)7(11)5-12-10/h2-5,13H,1H3. The van der Waals surface area contributed by atoms with Gasteiger partial charge in [-0.15, -0.1) is 0 Å². The van der Waals surface area contributed by atoms with Crippen molar-refractivity contribution in [2.24, 2.45) is 0 Å². The zero-order valence-corrected chi connectivity index (χ0v) is 9.08. The molecule has 1 aromatic carbocycles. The lowest BCUT2D eigenvalue weighted by Crippen LogP contribution is -1.89. The molecule has 0 unspecified atom stereocenters. The van der Waals surface area contributed by atoms with Crippen LogP contribution in [0.4, 0.5) is 0 Å². The number of ether oxygens (including phenoxy) is 1. The molecule has 1 aromatic heterocycles. The van der Waals surface area contributed by atoms with Crippen LogP contribution < -0.4 is 4.74 Å². The number of pyridine rings is 1. The van der Waals surface area contributed by atoms with Gasteiger partial charge >= 0.3 is 0 Å². The quantitative estimate of drug-likeness (QED) is 0.850. The summed E-state index contributed by atoms with van der Waals surface area (Å²) in [4.78, 5) is 4.09. The van der Waals surface area contributed by atoms with Crippen molar-refractivity contribution < 1.29 is 9.84 Å². The molecule has 0 amide bonds. The molecule has 0 aliphatic heterocycles. The molecule has 0 radical (unpaired) electrons. The van der Waals surface area contributed by atoms with Crippen LogP contribution in [0, 0.1) is 0 Å². The third-order valence-corrected chi connectivity index (χ3v) is 2.60. The highest BCUT2D eigenvalue weighted by atomic mass is 79.9. The van der Waals surface area contributed by atoms with Gasteiger partial charge in [0.1, 0.15) is 5.75 Å². The van der Waals surface area contributed by atoms with Crippen LogP contribution in [0.1, 0.15) is 0 Å². The summed E-state index contributed by atoms with van der Waals surface area (Å²) in [5.41, 5.74) is 0. The van der Waals surface area contributed by atoms with Crippen LogP contribution in [-0.4, -0.2) is 17.2 Å². The maximum atomic E-state index is 9.66. The fraction of sp³-hybridized carbons (Fsp3) is 0.100. The number of nitrogens with zero attached hydrogens (tertiary/aromatic N) is 1. The summed E-state index contributed by atoms with van der Waals surface area (Å²) in [6.07, 6.45) is 1.61. The number of aromatic hydroxyl groups is 1. The Morgan fingerprint density at radius 2 is 2.21 bits per heavy atom. The molecule has 1 heterocycles. The van der Waals surface area contributed by atoms with Gasteiger partial charge in [-0.05, 0) is 28.1 Å². The van der Waals surface area contributed by atoms with Crippen LogP contribution in [0.5, 0.6) is 11.6 Å². The van der Waals surface area contributed by atoms with E-state index in [0.717, 1.165) is 15.2 Å². The molecule has 0 atom stereocenters. The molecule has 1 N–H and O–H groups in total. The molecule has 0 spiro atoms. The Morgan fingerprint density at radius 3 is 2.93 bits per heavy atom. The van der Waals surface area contributed by atoms with E-state index in [1.165, 1.54) is 0 Å². The van der Waals surface area contributed by atoms with Crippen LogP contribution in [0.3, 0.4) is 0 Å². The molecule has 4 heteroatoms. The molecule has 72 valence electrons. The van der Waals surface area contributed by atoms with Crippen molar-refractivity contribution in [2.45, 2.75) is 0 Å². The van der Waals surface area contributed by atoms with Crippen molar-refractivity contribution in [3.8, 4) is 11.6 Å². The monoisotopic (exact) mass is 253 g/mol. The average molecular weight is 254 g/mol. The van der Waals surface area contributed by atoms with E-state index in [2.05, 4.69) is 20.9 Å². The minimum atomic E-state index is 0.218. The summed E-state index contributed by atoms with van der Waals surface area (Å²) in [6.45, 7) is 0. The number of rotatable bonds is 1. The van der Waals surface area contributed by atoms with Gasteiger partial charge in [-0.2, -0.15) is 0 Å². The first-order valence-electron chi connectivity index (χ1n) is 4.04. The maximum absolute atomic E-state index is 9.66. The van der Waals surface area contributed by atoms with Gasteiger partial charge in [0.2, 0.25) is 5.88 Å². The second-order valence-corrected chi connectivity index (χ2v) is 3.67. The maximum Gasteiger partial charge on any atom is 0.221 e. The lowest BCUT2D eigenvalue weighted by atomic mass is 10.1. The first-order valence-corrected chi connectivity index (χ1v) is 4.83. The van der Waals surface area contributed by atoms with Crippen LogP contribution in [-0.2, 0) is 0 Å². The number of phenols is 1. The molecule has 2 rings (SSSR count). The summed E-state index contributed by atoms with van der Waals surface area (Å²) in [7, 11) is 1.56. The minimum absolute atomic E-state index is 0.218. The Bertz CT molecular complexity index is 477. The van der Waals surface area contributed by atoms with Crippen LogP contribution in [0.2, 0.25) is 0 Å². The molecular formula is C10H8BrNO2. The molecule has 0 fully saturated rings. The zero-order valence-electron chi connectivity index (χ0n) is 7.49. The molecule has 3 nitrogen and oxygen atoms in total.